The number of carbonyl (C=O) groups is 2. The van der Waals surface area contributed by atoms with Crippen molar-refractivity contribution < 1.29 is 19.1 Å². The molecule has 14 heavy (non-hydrogen) atoms. The number of hydrogen-bond donors (Lipinski definition) is 2. The first-order valence-electron chi connectivity index (χ1n) is 4.53. The number of nitrogens with two attached hydrogens (primary N) is 1. The summed E-state index contributed by atoms with van der Waals surface area (Å²) in [5.74, 6) is -1.98. The Kier molecular flexibility index (Phi) is 6.03. The molecule has 0 aliphatic carbocycles. The van der Waals surface area contributed by atoms with Gasteiger partial charge in [0, 0.05) is 0 Å². The van der Waals surface area contributed by atoms with E-state index in [1.54, 1.807) is 0 Å². The van der Waals surface area contributed by atoms with Gasteiger partial charge >= 0.3 is 5.97 Å². The number of Topliss-reactive ketones (excluding diaryl/α,β-unsaturated/α-hetero) is 1. The lowest BCUT2D eigenvalue weighted by atomic mass is 9.94. The molecule has 0 saturated carbocycles. The van der Waals surface area contributed by atoms with E-state index in [1.165, 1.54) is 6.92 Å². The maximum absolute atomic E-state index is 11.8. The molecule has 0 bridgehead atoms. The van der Waals surface area contributed by atoms with Gasteiger partial charge in [0.1, 0.15) is 5.78 Å². The first-order chi connectivity index (χ1) is 6.49. The van der Waals surface area contributed by atoms with Crippen LogP contribution in [0.2, 0.25) is 0 Å². The van der Waals surface area contributed by atoms with Gasteiger partial charge < -0.3 is 10.8 Å². The number of aliphatic carboxylic acids is 1. The predicted molar refractivity (Wildman–Crippen MR) is 49.6 cm³/mol. The quantitative estimate of drug-likeness (QED) is 0.641. The molecule has 82 valence electrons. The first-order valence-corrected chi connectivity index (χ1v) is 4.53. The number of ketones is 1. The number of carbonyl (C=O) groups excluding carboxylic acids is 1. The van der Waals surface area contributed by atoms with E-state index in [9.17, 15) is 14.0 Å². The van der Waals surface area contributed by atoms with E-state index in [-0.39, 0.29) is 25.0 Å². The highest BCUT2D eigenvalue weighted by molar-refractivity contribution is 5.82. The number of carboxylic acids is 1. The molecular weight excluding hydrogens is 188 g/mol. The van der Waals surface area contributed by atoms with Crippen molar-refractivity contribution in [3.05, 3.63) is 0 Å². The lowest BCUT2D eigenvalue weighted by Gasteiger charge is -2.14. The zero-order chi connectivity index (χ0) is 11.1. The highest BCUT2D eigenvalue weighted by Gasteiger charge is 2.22. The van der Waals surface area contributed by atoms with E-state index in [2.05, 4.69) is 0 Å². The average Bonchev–Trinajstić information content (AvgIpc) is 2.10. The van der Waals surface area contributed by atoms with Gasteiger partial charge in [-0.15, -0.1) is 0 Å². The van der Waals surface area contributed by atoms with E-state index in [0.717, 1.165) is 0 Å². The molecule has 0 rings (SSSR count). The maximum atomic E-state index is 11.8. The van der Waals surface area contributed by atoms with E-state index in [4.69, 9.17) is 10.8 Å². The summed E-state index contributed by atoms with van der Waals surface area (Å²) in [6.45, 7) is 0.776. The first kappa shape index (κ1) is 13.0. The van der Waals surface area contributed by atoms with Crippen LogP contribution in [-0.4, -0.2) is 29.6 Å². The summed E-state index contributed by atoms with van der Waals surface area (Å²) >= 11 is 0. The minimum Gasteiger partial charge on any atom is -0.481 e. The fourth-order valence-corrected chi connectivity index (χ4v) is 1.14. The number of alkyl halides is 1. The predicted octanol–water partition coefficient (Wildman–Crippen LogP) is 0.743. The normalized spacial score (nSPS) is 14.8. The molecule has 5 heteroatoms. The third-order valence-corrected chi connectivity index (χ3v) is 2.10. The van der Waals surface area contributed by atoms with Gasteiger partial charge in [-0.25, -0.2) is 0 Å². The van der Waals surface area contributed by atoms with Crippen molar-refractivity contribution in [1.29, 1.82) is 0 Å². The van der Waals surface area contributed by atoms with E-state index in [1.807, 2.05) is 0 Å². The lowest BCUT2D eigenvalue weighted by Crippen LogP contribution is -2.33. The molecule has 0 aromatic rings. The van der Waals surface area contributed by atoms with Gasteiger partial charge in [0.05, 0.1) is 18.6 Å². The van der Waals surface area contributed by atoms with Crippen LogP contribution in [-0.2, 0) is 9.59 Å². The zero-order valence-electron chi connectivity index (χ0n) is 8.20. The number of rotatable bonds is 7. The van der Waals surface area contributed by atoms with Gasteiger partial charge in [-0.05, 0) is 26.2 Å². The number of halogens is 1. The molecular formula is C9H16FNO3. The van der Waals surface area contributed by atoms with Crippen LogP contribution in [0.1, 0.15) is 26.2 Å². The monoisotopic (exact) mass is 204 g/mol. The minimum atomic E-state index is -1.02. The SMILES string of the molecule is CC(=O)C(N)CC(CCC[18F])C(=O)O. The highest BCUT2D eigenvalue weighted by Crippen LogP contribution is 2.14. The van der Waals surface area contributed by atoms with Crippen LogP contribution >= 0.6 is 0 Å². The second-order valence-corrected chi connectivity index (χ2v) is 3.32. The van der Waals surface area contributed by atoms with E-state index < -0.39 is 24.6 Å². The van der Waals surface area contributed by atoms with Crippen LogP contribution in [0.15, 0.2) is 0 Å². The van der Waals surface area contributed by atoms with Crippen LogP contribution in [0.25, 0.3) is 0 Å². The van der Waals surface area contributed by atoms with Crippen LogP contribution < -0.4 is 5.73 Å². The van der Waals surface area contributed by atoms with Crippen molar-refractivity contribution in [3.63, 3.8) is 0 Å². The molecule has 0 saturated heterocycles. The van der Waals surface area contributed by atoms with Gasteiger partial charge in [0.15, 0.2) is 0 Å². The van der Waals surface area contributed by atoms with Gasteiger partial charge in [-0.1, -0.05) is 0 Å². The average molecular weight is 204 g/mol. The molecule has 0 fully saturated rings. The van der Waals surface area contributed by atoms with Crippen molar-refractivity contribution in [1.82, 2.24) is 0 Å². The van der Waals surface area contributed by atoms with E-state index >= 15 is 0 Å². The maximum Gasteiger partial charge on any atom is 0.306 e. The topological polar surface area (TPSA) is 80.4 Å². The second kappa shape index (κ2) is 6.48. The molecule has 0 radical (unpaired) electrons. The zero-order valence-corrected chi connectivity index (χ0v) is 8.20. The number of hydrogen-bond acceptors (Lipinski definition) is 3. The van der Waals surface area contributed by atoms with Gasteiger partial charge in [0.25, 0.3) is 0 Å². The minimum absolute atomic E-state index is 0.0880. The summed E-state index contributed by atoms with van der Waals surface area (Å²) in [6.07, 6.45) is 0.513. The Morgan fingerprint density at radius 2 is 2.07 bits per heavy atom. The Bertz CT molecular complexity index is 208. The number of carboxylic acid groups (broad SMARTS) is 1. The Morgan fingerprint density at radius 3 is 2.43 bits per heavy atom. The Balaban J connectivity index is 4.08. The van der Waals surface area contributed by atoms with Crippen molar-refractivity contribution in [2.75, 3.05) is 6.67 Å². The summed E-state index contributed by atoms with van der Waals surface area (Å²) in [7, 11) is 0. The van der Waals surface area contributed by atoms with Crippen molar-refractivity contribution in [2.24, 2.45) is 11.7 Å². The molecule has 3 N–H and O–H groups in total. The molecule has 0 aromatic carbocycles. The summed E-state index contributed by atoms with van der Waals surface area (Å²) < 4.78 is 11.8. The molecule has 2 unspecified atom stereocenters. The molecule has 2 atom stereocenters. The summed E-state index contributed by atoms with van der Waals surface area (Å²) in [5.41, 5.74) is 5.42. The third-order valence-electron chi connectivity index (χ3n) is 2.10. The summed E-state index contributed by atoms with van der Waals surface area (Å²) in [5, 5.41) is 8.74. The van der Waals surface area contributed by atoms with Crippen LogP contribution in [0.5, 0.6) is 0 Å². The lowest BCUT2D eigenvalue weighted by molar-refractivity contribution is -0.142. The highest BCUT2D eigenvalue weighted by atomic mass is 18.2. The Morgan fingerprint density at radius 1 is 1.50 bits per heavy atom. The molecule has 0 aromatic heterocycles. The standard InChI is InChI=1S/C9H16FNO3/c1-6(12)8(11)5-7(9(13)14)3-2-4-10/h7-8H,2-5,11H2,1H3,(H,13,14)/i10-1. The Hall–Kier alpha value is -0.970. The second-order valence-electron chi connectivity index (χ2n) is 3.32. The van der Waals surface area contributed by atoms with Crippen LogP contribution in [0, 0.1) is 5.92 Å². The molecule has 0 heterocycles. The molecule has 0 amide bonds. The molecule has 0 aliphatic heterocycles. The van der Waals surface area contributed by atoms with Gasteiger partial charge in [-0.3, -0.25) is 14.0 Å². The largest absolute Gasteiger partial charge is 0.481 e. The van der Waals surface area contributed by atoms with Crippen LogP contribution in [0.4, 0.5) is 4.39 Å². The Labute approximate surface area is 82.3 Å². The molecule has 0 aliphatic rings. The third kappa shape index (κ3) is 4.91. The summed E-state index contributed by atoms with van der Waals surface area (Å²) in [4.78, 5) is 21.5. The molecule has 0 spiro atoms. The van der Waals surface area contributed by atoms with Crippen molar-refractivity contribution in [2.45, 2.75) is 32.2 Å². The summed E-state index contributed by atoms with van der Waals surface area (Å²) in [6, 6.07) is -0.754. The van der Waals surface area contributed by atoms with Gasteiger partial charge in [0.2, 0.25) is 0 Å². The fraction of sp³-hybridized carbons (Fsp3) is 0.778. The van der Waals surface area contributed by atoms with Crippen LogP contribution in [0.3, 0.4) is 0 Å². The fourth-order valence-electron chi connectivity index (χ4n) is 1.14. The van der Waals surface area contributed by atoms with E-state index in [0.29, 0.717) is 0 Å². The smallest absolute Gasteiger partial charge is 0.306 e. The van der Waals surface area contributed by atoms with Gasteiger partial charge in [-0.2, -0.15) is 0 Å². The molecule has 4 nitrogen and oxygen atoms in total. The van der Waals surface area contributed by atoms with Crippen molar-refractivity contribution >= 4 is 11.8 Å². The van der Waals surface area contributed by atoms with Crippen molar-refractivity contribution in [3.8, 4) is 0 Å².